The molecule has 0 aliphatic heterocycles. The zero-order valence-electron chi connectivity index (χ0n) is 12.7. The van der Waals surface area contributed by atoms with E-state index < -0.39 is 0 Å². The number of aryl methyl sites for hydroxylation is 1. The van der Waals surface area contributed by atoms with Crippen molar-refractivity contribution in [3.63, 3.8) is 0 Å². The summed E-state index contributed by atoms with van der Waals surface area (Å²) in [5, 5.41) is 17.9. The lowest BCUT2D eigenvalue weighted by Gasteiger charge is -2.13. The summed E-state index contributed by atoms with van der Waals surface area (Å²) in [5.74, 6) is 1.02. The fraction of sp³-hybridized carbons (Fsp3) is 0.375. The van der Waals surface area contributed by atoms with Crippen molar-refractivity contribution < 1.29 is 9.84 Å². The molecule has 0 saturated carbocycles. The maximum atomic E-state index is 8.98. The monoisotopic (exact) mass is 340 g/mol. The van der Waals surface area contributed by atoms with Gasteiger partial charge < -0.3 is 9.84 Å². The Morgan fingerprint density at radius 2 is 1.77 bits per heavy atom. The van der Waals surface area contributed by atoms with Crippen molar-refractivity contribution in [1.82, 2.24) is 10.2 Å². The van der Waals surface area contributed by atoms with E-state index in [2.05, 4.69) is 24.0 Å². The lowest BCUT2D eigenvalue weighted by Crippen LogP contribution is -2.00. The molecule has 6 heteroatoms. The minimum atomic E-state index is 0.0358. The molecule has 118 valence electrons. The molecule has 0 atom stereocenters. The summed E-state index contributed by atoms with van der Waals surface area (Å²) < 4.78 is 5.72. The third-order valence-electron chi connectivity index (χ3n) is 3.28. The molecule has 0 radical (unpaired) electrons. The van der Waals surface area contributed by atoms with Gasteiger partial charge in [0, 0.05) is 12.7 Å². The van der Waals surface area contributed by atoms with Crippen LogP contribution in [0.5, 0.6) is 11.6 Å². The van der Waals surface area contributed by atoms with Gasteiger partial charge in [0.2, 0.25) is 5.88 Å². The first kappa shape index (κ1) is 17.0. The van der Waals surface area contributed by atoms with E-state index in [0.29, 0.717) is 34.0 Å². The Morgan fingerprint density at radius 3 is 2.32 bits per heavy atom. The summed E-state index contributed by atoms with van der Waals surface area (Å²) in [6.07, 6.45) is 0.488. The van der Waals surface area contributed by atoms with E-state index in [1.54, 1.807) is 12.1 Å². The fourth-order valence-electron chi connectivity index (χ4n) is 2.17. The lowest BCUT2D eigenvalue weighted by molar-refractivity contribution is 0.299. The van der Waals surface area contributed by atoms with Gasteiger partial charge >= 0.3 is 0 Å². The van der Waals surface area contributed by atoms with E-state index in [1.807, 2.05) is 13.0 Å². The number of benzene rings is 1. The van der Waals surface area contributed by atoms with Crippen LogP contribution >= 0.6 is 23.2 Å². The Kier molecular flexibility index (Phi) is 5.62. The van der Waals surface area contributed by atoms with Crippen LogP contribution in [0.15, 0.2) is 18.2 Å². The summed E-state index contributed by atoms with van der Waals surface area (Å²) >= 11 is 12.4. The van der Waals surface area contributed by atoms with Crippen LogP contribution in [0.1, 0.15) is 36.6 Å². The largest absolute Gasteiger partial charge is 0.434 e. The summed E-state index contributed by atoms with van der Waals surface area (Å²) in [5.41, 5.74) is 2.79. The second kappa shape index (κ2) is 7.27. The first-order valence-corrected chi connectivity index (χ1v) is 7.78. The van der Waals surface area contributed by atoms with E-state index in [4.69, 9.17) is 33.0 Å². The van der Waals surface area contributed by atoms with Crippen molar-refractivity contribution in [2.45, 2.75) is 33.1 Å². The van der Waals surface area contributed by atoms with Crippen LogP contribution in [0.4, 0.5) is 0 Å². The Hall–Kier alpha value is -1.36. The molecule has 0 fully saturated rings. The number of ether oxygens (including phenoxy) is 1. The van der Waals surface area contributed by atoms with Gasteiger partial charge in [0.05, 0.1) is 15.7 Å². The van der Waals surface area contributed by atoms with E-state index >= 15 is 0 Å². The van der Waals surface area contributed by atoms with Gasteiger partial charge in [-0.05, 0) is 42.5 Å². The van der Waals surface area contributed by atoms with E-state index in [0.717, 1.165) is 16.8 Å². The zero-order chi connectivity index (χ0) is 16.3. The van der Waals surface area contributed by atoms with Gasteiger partial charge in [0.1, 0.15) is 0 Å². The molecule has 22 heavy (non-hydrogen) atoms. The first-order valence-electron chi connectivity index (χ1n) is 7.03. The van der Waals surface area contributed by atoms with Crippen LogP contribution in [0.25, 0.3) is 0 Å². The highest BCUT2D eigenvalue weighted by Gasteiger charge is 2.14. The number of nitrogens with zero attached hydrogens (tertiary/aromatic N) is 2. The molecule has 1 aromatic heterocycles. The van der Waals surface area contributed by atoms with Crippen LogP contribution in [0.3, 0.4) is 0 Å². The summed E-state index contributed by atoms with van der Waals surface area (Å²) in [6.45, 7) is 6.11. The molecule has 1 aromatic carbocycles. The second-order valence-corrected chi connectivity index (χ2v) is 6.16. The molecule has 2 aromatic rings. The number of aliphatic hydroxyl groups excluding tert-OH is 1. The van der Waals surface area contributed by atoms with Crippen molar-refractivity contribution >= 4 is 23.2 Å². The number of rotatable bonds is 5. The van der Waals surface area contributed by atoms with Gasteiger partial charge in [0.25, 0.3) is 0 Å². The molecular weight excluding hydrogens is 323 g/mol. The molecule has 0 bridgehead atoms. The quantitative estimate of drug-likeness (QED) is 0.867. The number of aromatic nitrogens is 2. The van der Waals surface area contributed by atoms with Crippen molar-refractivity contribution in [1.29, 1.82) is 0 Å². The minimum absolute atomic E-state index is 0.0358. The SMILES string of the molecule is Cc1nnc(Oc2c(Cl)cc(CCO)cc2Cl)cc1C(C)C. The Bertz CT molecular complexity index is 652. The normalized spacial score (nSPS) is 11.0. The van der Waals surface area contributed by atoms with Gasteiger partial charge in [-0.25, -0.2) is 0 Å². The molecule has 0 spiro atoms. The molecule has 0 aliphatic carbocycles. The van der Waals surface area contributed by atoms with Gasteiger partial charge in [0.15, 0.2) is 5.75 Å². The van der Waals surface area contributed by atoms with Crippen LogP contribution in [0.2, 0.25) is 10.0 Å². The number of aliphatic hydroxyl groups is 1. The number of halogens is 2. The molecule has 0 saturated heterocycles. The van der Waals surface area contributed by atoms with Crippen molar-refractivity contribution in [3.05, 3.63) is 45.1 Å². The smallest absolute Gasteiger partial charge is 0.239 e. The van der Waals surface area contributed by atoms with E-state index in [-0.39, 0.29) is 6.61 Å². The molecule has 4 nitrogen and oxygen atoms in total. The highest BCUT2D eigenvalue weighted by Crippen LogP contribution is 2.37. The van der Waals surface area contributed by atoms with Gasteiger partial charge in [-0.2, -0.15) is 5.10 Å². The predicted octanol–water partition coefficient (Wildman–Crippen LogP) is 4.54. The zero-order valence-corrected chi connectivity index (χ0v) is 14.2. The average Bonchev–Trinajstić information content (AvgIpc) is 2.44. The van der Waals surface area contributed by atoms with Crippen LogP contribution in [-0.2, 0) is 6.42 Å². The maximum absolute atomic E-state index is 8.98. The van der Waals surface area contributed by atoms with Gasteiger partial charge in [-0.3, -0.25) is 0 Å². The van der Waals surface area contributed by atoms with E-state index in [9.17, 15) is 0 Å². The molecule has 2 rings (SSSR count). The molecule has 0 unspecified atom stereocenters. The lowest BCUT2D eigenvalue weighted by atomic mass is 10.0. The van der Waals surface area contributed by atoms with Gasteiger partial charge in [-0.1, -0.05) is 37.0 Å². The Morgan fingerprint density at radius 1 is 1.14 bits per heavy atom. The maximum Gasteiger partial charge on any atom is 0.239 e. The summed E-state index contributed by atoms with van der Waals surface area (Å²) in [4.78, 5) is 0. The Balaban J connectivity index is 2.33. The van der Waals surface area contributed by atoms with Crippen LogP contribution < -0.4 is 4.74 Å². The average molecular weight is 341 g/mol. The Labute approximate surface area is 140 Å². The predicted molar refractivity (Wildman–Crippen MR) is 88.2 cm³/mol. The first-order chi connectivity index (χ1) is 10.4. The van der Waals surface area contributed by atoms with Crippen molar-refractivity contribution in [2.24, 2.45) is 0 Å². The molecule has 1 N–H and O–H groups in total. The number of hydrogen-bond acceptors (Lipinski definition) is 4. The van der Waals surface area contributed by atoms with Crippen LogP contribution in [-0.4, -0.2) is 21.9 Å². The molecular formula is C16H18Cl2N2O2. The molecule has 1 heterocycles. The van der Waals surface area contributed by atoms with E-state index in [1.165, 1.54) is 0 Å². The topological polar surface area (TPSA) is 55.2 Å². The fourth-order valence-corrected chi connectivity index (χ4v) is 2.78. The highest BCUT2D eigenvalue weighted by atomic mass is 35.5. The van der Waals surface area contributed by atoms with Crippen molar-refractivity contribution in [3.8, 4) is 11.6 Å². The second-order valence-electron chi connectivity index (χ2n) is 5.34. The standard InChI is InChI=1S/C16H18Cl2N2O2/c1-9(2)12-8-15(20-19-10(12)3)22-16-13(17)6-11(4-5-21)7-14(16)18/h6-9,21H,4-5H2,1-3H3. The van der Waals surface area contributed by atoms with Gasteiger partial charge in [-0.15, -0.1) is 5.10 Å². The third kappa shape index (κ3) is 3.88. The van der Waals surface area contributed by atoms with Crippen molar-refractivity contribution in [2.75, 3.05) is 6.61 Å². The minimum Gasteiger partial charge on any atom is -0.434 e. The summed E-state index contributed by atoms with van der Waals surface area (Å²) in [7, 11) is 0. The third-order valence-corrected chi connectivity index (χ3v) is 3.84. The summed E-state index contributed by atoms with van der Waals surface area (Å²) in [6, 6.07) is 5.30. The highest BCUT2D eigenvalue weighted by molar-refractivity contribution is 6.37. The number of hydrogen-bond donors (Lipinski definition) is 1. The molecule has 0 amide bonds. The molecule has 0 aliphatic rings. The van der Waals surface area contributed by atoms with Crippen LogP contribution in [0, 0.1) is 6.92 Å².